The number of hydrogen-bond acceptors (Lipinski definition) is 4. The summed E-state index contributed by atoms with van der Waals surface area (Å²) in [7, 11) is 1.36. The molecule has 0 fully saturated rings. The van der Waals surface area contributed by atoms with E-state index in [1.54, 1.807) is 18.3 Å². The maximum atomic E-state index is 10.9. The van der Waals surface area contributed by atoms with Crippen LogP contribution in [0.3, 0.4) is 0 Å². The van der Waals surface area contributed by atoms with Gasteiger partial charge in [0.2, 0.25) is 0 Å². The van der Waals surface area contributed by atoms with Gasteiger partial charge in [0.05, 0.1) is 7.11 Å². The van der Waals surface area contributed by atoms with E-state index in [1.165, 1.54) is 7.11 Å². The summed E-state index contributed by atoms with van der Waals surface area (Å²) in [5.74, 6) is -0.259. The predicted octanol–water partition coefficient (Wildman–Crippen LogP) is 1.69. The van der Waals surface area contributed by atoms with Crippen molar-refractivity contribution in [1.29, 1.82) is 0 Å². The SMILES string of the molecule is COC(=O)CC[C@H](N)c1ccnc(Cl)c1. The lowest BCUT2D eigenvalue weighted by molar-refractivity contribution is -0.140. The molecule has 0 aromatic carbocycles. The normalized spacial score (nSPS) is 12.2. The molecule has 0 amide bonds. The Bertz CT molecular complexity index is 344. The van der Waals surface area contributed by atoms with Gasteiger partial charge >= 0.3 is 5.97 Å². The van der Waals surface area contributed by atoms with Gasteiger partial charge in [-0.3, -0.25) is 4.79 Å². The van der Waals surface area contributed by atoms with Gasteiger partial charge in [-0.15, -0.1) is 0 Å². The number of carbonyl (C=O) groups excluding carboxylic acids is 1. The standard InChI is InChI=1S/C10H13ClN2O2/c1-15-10(14)3-2-8(12)7-4-5-13-9(11)6-7/h4-6,8H,2-3,12H2,1H3/t8-/m0/s1. The van der Waals surface area contributed by atoms with Gasteiger partial charge in [0.15, 0.2) is 0 Å². The Morgan fingerprint density at radius 2 is 2.47 bits per heavy atom. The maximum Gasteiger partial charge on any atom is 0.305 e. The van der Waals surface area contributed by atoms with Gasteiger partial charge in [0.1, 0.15) is 5.15 Å². The number of pyridine rings is 1. The van der Waals surface area contributed by atoms with Crippen LogP contribution in [0.15, 0.2) is 18.3 Å². The summed E-state index contributed by atoms with van der Waals surface area (Å²) in [5, 5.41) is 0.404. The molecule has 5 heteroatoms. The van der Waals surface area contributed by atoms with E-state index in [4.69, 9.17) is 17.3 Å². The van der Waals surface area contributed by atoms with Crippen molar-refractivity contribution in [3.63, 3.8) is 0 Å². The van der Waals surface area contributed by atoms with Crippen molar-refractivity contribution >= 4 is 17.6 Å². The van der Waals surface area contributed by atoms with Gasteiger partial charge < -0.3 is 10.5 Å². The summed E-state index contributed by atoms with van der Waals surface area (Å²) in [6.07, 6.45) is 2.43. The molecule has 4 nitrogen and oxygen atoms in total. The highest BCUT2D eigenvalue weighted by atomic mass is 35.5. The summed E-state index contributed by atoms with van der Waals surface area (Å²) < 4.78 is 4.53. The zero-order valence-corrected chi connectivity index (χ0v) is 9.20. The van der Waals surface area contributed by atoms with E-state index in [0.717, 1.165) is 5.56 Å². The first kappa shape index (κ1) is 11.9. The van der Waals surface area contributed by atoms with Crippen molar-refractivity contribution in [2.45, 2.75) is 18.9 Å². The fraction of sp³-hybridized carbons (Fsp3) is 0.400. The molecule has 15 heavy (non-hydrogen) atoms. The Morgan fingerprint density at radius 3 is 3.07 bits per heavy atom. The largest absolute Gasteiger partial charge is 0.469 e. The predicted molar refractivity (Wildman–Crippen MR) is 57.4 cm³/mol. The van der Waals surface area contributed by atoms with Crippen molar-refractivity contribution in [2.75, 3.05) is 7.11 Å². The lowest BCUT2D eigenvalue weighted by Gasteiger charge is -2.10. The van der Waals surface area contributed by atoms with Gasteiger partial charge in [-0.05, 0) is 24.1 Å². The van der Waals surface area contributed by atoms with E-state index in [9.17, 15) is 4.79 Å². The highest BCUT2D eigenvalue weighted by Gasteiger charge is 2.09. The molecule has 0 unspecified atom stereocenters. The highest BCUT2D eigenvalue weighted by molar-refractivity contribution is 6.29. The van der Waals surface area contributed by atoms with Crippen LogP contribution in [0, 0.1) is 0 Å². The molecule has 0 radical (unpaired) electrons. The van der Waals surface area contributed by atoms with Crippen LogP contribution in [0.5, 0.6) is 0 Å². The van der Waals surface area contributed by atoms with Gasteiger partial charge in [-0.2, -0.15) is 0 Å². The average Bonchev–Trinajstić information content (AvgIpc) is 2.25. The minimum atomic E-state index is -0.259. The number of aromatic nitrogens is 1. The molecule has 1 aromatic rings. The minimum Gasteiger partial charge on any atom is -0.469 e. The first-order valence-corrected chi connectivity index (χ1v) is 4.95. The summed E-state index contributed by atoms with van der Waals surface area (Å²) in [5.41, 5.74) is 6.75. The van der Waals surface area contributed by atoms with Crippen LogP contribution in [-0.4, -0.2) is 18.1 Å². The first-order chi connectivity index (χ1) is 7.13. The summed E-state index contributed by atoms with van der Waals surface area (Å²) in [6.45, 7) is 0. The van der Waals surface area contributed by atoms with Crippen molar-refractivity contribution in [3.05, 3.63) is 29.0 Å². The van der Waals surface area contributed by atoms with Crippen LogP contribution >= 0.6 is 11.6 Å². The topological polar surface area (TPSA) is 65.2 Å². The third kappa shape index (κ3) is 3.85. The fourth-order valence-electron chi connectivity index (χ4n) is 1.19. The average molecular weight is 229 g/mol. The van der Waals surface area contributed by atoms with Crippen LogP contribution in [0.2, 0.25) is 5.15 Å². The second-order valence-electron chi connectivity index (χ2n) is 3.13. The number of nitrogens with zero attached hydrogens (tertiary/aromatic N) is 1. The number of esters is 1. The third-order valence-electron chi connectivity index (χ3n) is 2.07. The van der Waals surface area contributed by atoms with Crippen molar-refractivity contribution in [2.24, 2.45) is 5.73 Å². The third-order valence-corrected chi connectivity index (χ3v) is 2.27. The zero-order chi connectivity index (χ0) is 11.3. The number of halogens is 1. The lowest BCUT2D eigenvalue weighted by Crippen LogP contribution is -2.13. The van der Waals surface area contributed by atoms with E-state index in [0.29, 0.717) is 18.0 Å². The molecule has 0 bridgehead atoms. The smallest absolute Gasteiger partial charge is 0.305 e. The Hall–Kier alpha value is -1.13. The highest BCUT2D eigenvalue weighted by Crippen LogP contribution is 2.17. The number of ether oxygens (including phenoxy) is 1. The molecule has 1 aromatic heterocycles. The number of carbonyl (C=O) groups is 1. The number of methoxy groups -OCH3 is 1. The first-order valence-electron chi connectivity index (χ1n) is 4.57. The van der Waals surface area contributed by atoms with Crippen LogP contribution in [0.1, 0.15) is 24.4 Å². The Labute approximate surface area is 93.4 Å². The molecule has 1 atom stereocenters. The molecule has 0 spiro atoms. The van der Waals surface area contributed by atoms with E-state index >= 15 is 0 Å². The molecule has 0 saturated carbocycles. The Kier molecular flexibility index (Phi) is 4.52. The fourth-order valence-corrected chi connectivity index (χ4v) is 1.37. The molecular formula is C10H13ClN2O2. The molecule has 0 aliphatic heterocycles. The van der Waals surface area contributed by atoms with Crippen molar-refractivity contribution in [1.82, 2.24) is 4.98 Å². The summed E-state index contributed by atoms with van der Waals surface area (Å²) in [4.78, 5) is 14.8. The van der Waals surface area contributed by atoms with Crippen LogP contribution in [-0.2, 0) is 9.53 Å². The molecule has 1 heterocycles. The van der Waals surface area contributed by atoms with Crippen LogP contribution < -0.4 is 5.73 Å². The Balaban J connectivity index is 2.53. The monoisotopic (exact) mass is 228 g/mol. The molecule has 0 aliphatic carbocycles. The van der Waals surface area contributed by atoms with E-state index in [2.05, 4.69) is 9.72 Å². The van der Waals surface area contributed by atoms with Gasteiger partial charge in [-0.1, -0.05) is 11.6 Å². The summed E-state index contributed by atoms with van der Waals surface area (Å²) >= 11 is 5.72. The molecule has 1 rings (SSSR count). The number of rotatable bonds is 4. The van der Waals surface area contributed by atoms with Crippen LogP contribution in [0.25, 0.3) is 0 Å². The molecule has 2 N–H and O–H groups in total. The second-order valence-corrected chi connectivity index (χ2v) is 3.52. The quantitative estimate of drug-likeness (QED) is 0.629. The van der Waals surface area contributed by atoms with Crippen molar-refractivity contribution < 1.29 is 9.53 Å². The van der Waals surface area contributed by atoms with Gasteiger partial charge in [0, 0.05) is 18.7 Å². The van der Waals surface area contributed by atoms with E-state index in [-0.39, 0.29) is 12.0 Å². The Morgan fingerprint density at radius 1 is 1.73 bits per heavy atom. The number of hydrogen-bond donors (Lipinski definition) is 1. The van der Waals surface area contributed by atoms with Crippen LogP contribution in [0.4, 0.5) is 0 Å². The van der Waals surface area contributed by atoms with Gasteiger partial charge in [0.25, 0.3) is 0 Å². The maximum absolute atomic E-state index is 10.9. The molecule has 0 saturated heterocycles. The number of nitrogens with two attached hydrogens (primary N) is 1. The van der Waals surface area contributed by atoms with E-state index < -0.39 is 0 Å². The summed E-state index contributed by atoms with van der Waals surface area (Å²) in [6, 6.07) is 3.27. The van der Waals surface area contributed by atoms with Crippen molar-refractivity contribution in [3.8, 4) is 0 Å². The lowest BCUT2D eigenvalue weighted by atomic mass is 10.0. The zero-order valence-electron chi connectivity index (χ0n) is 8.44. The molecule has 82 valence electrons. The minimum absolute atomic E-state index is 0.218. The van der Waals surface area contributed by atoms with Gasteiger partial charge in [-0.25, -0.2) is 4.98 Å². The van der Waals surface area contributed by atoms with E-state index in [1.807, 2.05) is 0 Å². The molecule has 0 aliphatic rings. The molecular weight excluding hydrogens is 216 g/mol. The second kappa shape index (κ2) is 5.68.